The predicted octanol–water partition coefficient (Wildman–Crippen LogP) is 3.29. The summed E-state index contributed by atoms with van der Waals surface area (Å²) in [7, 11) is 1.99. The molecule has 3 unspecified atom stereocenters. The third-order valence-electron chi connectivity index (χ3n) is 4.18. The minimum absolute atomic E-state index is 0.0231. The van der Waals surface area contributed by atoms with Crippen molar-refractivity contribution < 1.29 is 13.2 Å². The monoisotopic (exact) mass is 286 g/mol. The highest BCUT2D eigenvalue weighted by molar-refractivity contribution is 5.27. The van der Waals surface area contributed by atoms with E-state index in [2.05, 4.69) is 11.8 Å². The molecule has 0 bridgehead atoms. The fourth-order valence-electron chi connectivity index (χ4n) is 2.62. The lowest BCUT2D eigenvalue weighted by molar-refractivity contribution is -0.137. The molecule has 0 saturated heterocycles. The molecule has 1 fully saturated rings. The van der Waals surface area contributed by atoms with E-state index in [4.69, 9.17) is 5.73 Å². The molecule has 0 radical (unpaired) electrons. The lowest BCUT2D eigenvalue weighted by Crippen LogP contribution is -2.32. The Balaban J connectivity index is 2.07. The molecule has 1 aliphatic carbocycles. The van der Waals surface area contributed by atoms with Crippen LogP contribution in [0.5, 0.6) is 0 Å². The van der Waals surface area contributed by atoms with Gasteiger partial charge in [0.2, 0.25) is 0 Å². The minimum atomic E-state index is -4.29. The molecule has 20 heavy (non-hydrogen) atoms. The minimum Gasteiger partial charge on any atom is -0.329 e. The van der Waals surface area contributed by atoms with Gasteiger partial charge in [-0.25, -0.2) is 0 Å². The van der Waals surface area contributed by atoms with Crippen LogP contribution in [0.3, 0.4) is 0 Å². The maximum Gasteiger partial charge on any atom is 0.416 e. The van der Waals surface area contributed by atoms with Crippen LogP contribution in [0.25, 0.3) is 0 Å². The molecule has 0 aromatic heterocycles. The molecule has 1 saturated carbocycles. The number of hydrogen-bond acceptors (Lipinski definition) is 2. The van der Waals surface area contributed by atoms with Crippen molar-refractivity contribution in [3.63, 3.8) is 0 Å². The highest BCUT2D eigenvalue weighted by atomic mass is 19.4. The first-order chi connectivity index (χ1) is 9.32. The van der Waals surface area contributed by atoms with Crippen molar-refractivity contribution in [2.24, 2.45) is 17.6 Å². The molecule has 0 amide bonds. The number of halogens is 3. The Labute approximate surface area is 117 Å². The van der Waals surface area contributed by atoms with Gasteiger partial charge >= 0.3 is 6.18 Å². The van der Waals surface area contributed by atoms with Crippen molar-refractivity contribution in [2.45, 2.75) is 25.6 Å². The number of benzene rings is 1. The van der Waals surface area contributed by atoms with E-state index in [-0.39, 0.29) is 6.04 Å². The first-order valence-corrected chi connectivity index (χ1v) is 6.90. The van der Waals surface area contributed by atoms with Crippen LogP contribution < -0.4 is 5.73 Å². The summed E-state index contributed by atoms with van der Waals surface area (Å²) >= 11 is 0. The predicted molar refractivity (Wildman–Crippen MR) is 73.1 cm³/mol. The molecule has 2 rings (SSSR count). The van der Waals surface area contributed by atoms with Gasteiger partial charge in [0.1, 0.15) is 0 Å². The van der Waals surface area contributed by atoms with Crippen molar-refractivity contribution >= 4 is 0 Å². The smallest absolute Gasteiger partial charge is 0.329 e. The highest BCUT2D eigenvalue weighted by Gasteiger charge is 2.35. The zero-order chi connectivity index (χ0) is 14.9. The average Bonchev–Trinajstić information content (AvgIpc) is 3.05. The summed E-state index contributed by atoms with van der Waals surface area (Å²) in [4.78, 5) is 2.15. The van der Waals surface area contributed by atoms with E-state index in [1.54, 1.807) is 0 Å². The van der Waals surface area contributed by atoms with Crippen LogP contribution in [0.2, 0.25) is 0 Å². The fourth-order valence-corrected chi connectivity index (χ4v) is 2.62. The first-order valence-electron chi connectivity index (χ1n) is 6.90. The van der Waals surface area contributed by atoms with Gasteiger partial charge in [-0.1, -0.05) is 19.1 Å². The van der Waals surface area contributed by atoms with Gasteiger partial charge in [-0.15, -0.1) is 0 Å². The molecule has 2 N–H and O–H groups in total. The van der Waals surface area contributed by atoms with Gasteiger partial charge in [0.25, 0.3) is 0 Å². The second-order valence-corrected chi connectivity index (χ2v) is 5.78. The van der Waals surface area contributed by atoms with E-state index in [0.29, 0.717) is 12.5 Å². The standard InChI is InChI=1S/C15H21F3N2/c1-10-7-12(10)9-20(2)14(8-19)11-3-5-13(6-4-11)15(16,17)18/h3-6,10,12,14H,7-9,19H2,1-2H3. The molecule has 3 atom stereocenters. The van der Waals surface area contributed by atoms with Gasteiger partial charge in [-0.3, -0.25) is 4.90 Å². The van der Waals surface area contributed by atoms with Crippen LogP contribution in [0, 0.1) is 11.8 Å². The van der Waals surface area contributed by atoms with Crippen molar-refractivity contribution in [2.75, 3.05) is 20.1 Å². The molecular weight excluding hydrogens is 265 g/mol. The number of rotatable bonds is 5. The summed E-state index contributed by atoms with van der Waals surface area (Å²) in [6, 6.07) is 5.31. The van der Waals surface area contributed by atoms with E-state index >= 15 is 0 Å². The maximum absolute atomic E-state index is 12.5. The Morgan fingerprint density at radius 3 is 2.25 bits per heavy atom. The molecule has 1 aromatic carbocycles. The van der Waals surface area contributed by atoms with Crippen LogP contribution in [0.1, 0.15) is 30.5 Å². The van der Waals surface area contributed by atoms with Gasteiger partial charge in [-0.05, 0) is 43.0 Å². The van der Waals surface area contributed by atoms with Crippen LogP contribution >= 0.6 is 0 Å². The summed E-state index contributed by atoms with van der Waals surface area (Å²) in [5.41, 5.74) is 6.02. The number of likely N-dealkylation sites (N-methyl/N-ethyl adjacent to an activating group) is 1. The van der Waals surface area contributed by atoms with Gasteiger partial charge in [0.15, 0.2) is 0 Å². The molecule has 5 heteroatoms. The molecule has 2 nitrogen and oxygen atoms in total. The molecule has 1 aromatic rings. The van der Waals surface area contributed by atoms with Crippen LogP contribution in [-0.4, -0.2) is 25.0 Å². The van der Waals surface area contributed by atoms with Gasteiger partial charge in [-0.2, -0.15) is 13.2 Å². The van der Waals surface area contributed by atoms with Gasteiger partial charge < -0.3 is 5.73 Å². The number of nitrogens with two attached hydrogens (primary N) is 1. The van der Waals surface area contributed by atoms with Crippen LogP contribution in [-0.2, 0) is 6.18 Å². The Morgan fingerprint density at radius 2 is 1.85 bits per heavy atom. The SMILES string of the molecule is CC1CC1CN(C)C(CN)c1ccc(C(F)(F)F)cc1. The number of alkyl halides is 3. The largest absolute Gasteiger partial charge is 0.416 e. The van der Waals surface area contributed by atoms with Gasteiger partial charge in [0.05, 0.1) is 5.56 Å². The molecule has 112 valence electrons. The van der Waals surface area contributed by atoms with Gasteiger partial charge in [0, 0.05) is 19.1 Å². The lowest BCUT2D eigenvalue weighted by Gasteiger charge is -2.27. The van der Waals surface area contributed by atoms with Crippen molar-refractivity contribution in [3.05, 3.63) is 35.4 Å². The number of hydrogen-bond donors (Lipinski definition) is 1. The summed E-state index contributed by atoms with van der Waals surface area (Å²) < 4.78 is 37.6. The first kappa shape index (κ1) is 15.3. The van der Waals surface area contributed by atoms with E-state index in [1.807, 2.05) is 7.05 Å². The van der Waals surface area contributed by atoms with Crippen LogP contribution in [0.15, 0.2) is 24.3 Å². The molecule has 0 heterocycles. The molecule has 0 spiro atoms. The van der Waals surface area contributed by atoms with E-state index in [1.165, 1.54) is 18.6 Å². The zero-order valence-electron chi connectivity index (χ0n) is 11.8. The number of nitrogens with zero attached hydrogens (tertiary/aromatic N) is 1. The lowest BCUT2D eigenvalue weighted by atomic mass is 10.0. The highest BCUT2D eigenvalue weighted by Crippen LogP contribution is 2.39. The summed E-state index contributed by atoms with van der Waals surface area (Å²) in [6.45, 7) is 3.57. The third-order valence-corrected chi connectivity index (χ3v) is 4.18. The quantitative estimate of drug-likeness (QED) is 0.900. The van der Waals surface area contributed by atoms with Crippen molar-refractivity contribution in [3.8, 4) is 0 Å². The summed E-state index contributed by atoms with van der Waals surface area (Å²) in [5.74, 6) is 1.45. The third kappa shape index (κ3) is 3.52. The van der Waals surface area contributed by atoms with Crippen molar-refractivity contribution in [1.82, 2.24) is 4.90 Å². The molecule has 0 aliphatic heterocycles. The second kappa shape index (κ2) is 5.74. The maximum atomic E-state index is 12.5. The van der Waals surface area contributed by atoms with Crippen LogP contribution in [0.4, 0.5) is 13.2 Å². The Kier molecular flexibility index (Phi) is 4.39. The van der Waals surface area contributed by atoms with E-state index in [0.717, 1.165) is 30.2 Å². The normalized spacial score (nSPS) is 23.9. The Bertz CT molecular complexity index is 441. The second-order valence-electron chi connectivity index (χ2n) is 5.78. The molecular formula is C15H21F3N2. The molecule has 1 aliphatic rings. The topological polar surface area (TPSA) is 29.3 Å². The average molecular weight is 286 g/mol. The summed E-state index contributed by atoms with van der Waals surface area (Å²) in [5, 5.41) is 0. The zero-order valence-corrected chi connectivity index (χ0v) is 11.8. The fraction of sp³-hybridized carbons (Fsp3) is 0.600. The summed E-state index contributed by atoms with van der Waals surface area (Å²) in [6.07, 6.45) is -3.05. The van der Waals surface area contributed by atoms with E-state index in [9.17, 15) is 13.2 Å². The van der Waals surface area contributed by atoms with E-state index < -0.39 is 11.7 Å². The Hall–Kier alpha value is -1.07. The Morgan fingerprint density at radius 1 is 1.30 bits per heavy atom. The van der Waals surface area contributed by atoms with Crippen molar-refractivity contribution in [1.29, 1.82) is 0 Å².